The molecule has 0 aromatic heterocycles. The standard InChI is InChI=1S/C12H23N3/c1-10(2)5-11(3,4)7-12(6-10)8-14-9(13)15-12/h5-8H2,1-4H3,(H3,13,14,15). The van der Waals surface area contributed by atoms with Crippen LogP contribution < -0.4 is 11.1 Å². The van der Waals surface area contributed by atoms with Crippen LogP contribution in [-0.2, 0) is 0 Å². The normalized spacial score (nSPS) is 31.1. The summed E-state index contributed by atoms with van der Waals surface area (Å²) in [5.41, 5.74) is 6.66. The highest BCUT2D eigenvalue weighted by Crippen LogP contribution is 2.50. The quantitative estimate of drug-likeness (QED) is 0.640. The molecule has 0 unspecified atom stereocenters. The van der Waals surface area contributed by atoms with Crippen LogP contribution in [0.1, 0.15) is 47.0 Å². The summed E-state index contributed by atoms with van der Waals surface area (Å²) in [5, 5.41) is 3.41. The van der Waals surface area contributed by atoms with Crippen LogP contribution >= 0.6 is 0 Å². The first-order chi connectivity index (χ1) is 6.72. The molecule has 0 aromatic carbocycles. The molecule has 1 saturated carbocycles. The first-order valence-electron chi connectivity index (χ1n) is 5.80. The zero-order valence-corrected chi connectivity index (χ0v) is 10.4. The smallest absolute Gasteiger partial charge is 0.189 e. The summed E-state index contributed by atoms with van der Waals surface area (Å²) in [6.45, 7) is 10.3. The molecule has 1 aliphatic heterocycles. The van der Waals surface area contributed by atoms with Crippen LogP contribution in [0.3, 0.4) is 0 Å². The Morgan fingerprint density at radius 1 is 1.07 bits per heavy atom. The van der Waals surface area contributed by atoms with E-state index in [1.807, 2.05) is 0 Å². The highest BCUT2D eigenvalue weighted by Gasteiger charge is 2.49. The summed E-state index contributed by atoms with van der Waals surface area (Å²) < 4.78 is 0. The molecule has 0 bridgehead atoms. The van der Waals surface area contributed by atoms with Crippen LogP contribution in [0.15, 0.2) is 4.99 Å². The Kier molecular flexibility index (Phi) is 2.08. The number of guanidine groups is 1. The minimum atomic E-state index is 0.134. The maximum atomic E-state index is 5.76. The summed E-state index contributed by atoms with van der Waals surface area (Å²) in [6.07, 6.45) is 3.63. The van der Waals surface area contributed by atoms with Gasteiger partial charge in [-0.3, -0.25) is 4.99 Å². The van der Waals surface area contributed by atoms with Crippen molar-refractivity contribution in [3.8, 4) is 0 Å². The Hall–Kier alpha value is -0.730. The second-order valence-corrected chi connectivity index (χ2v) is 6.97. The van der Waals surface area contributed by atoms with E-state index >= 15 is 0 Å². The van der Waals surface area contributed by atoms with Gasteiger partial charge in [0.1, 0.15) is 0 Å². The van der Waals surface area contributed by atoms with Gasteiger partial charge in [0.2, 0.25) is 0 Å². The maximum Gasteiger partial charge on any atom is 0.189 e. The molecule has 3 N–H and O–H groups in total. The molecule has 0 radical (unpaired) electrons. The summed E-state index contributed by atoms with van der Waals surface area (Å²) in [6, 6.07) is 0. The number of hydrogen-bond donors (Lipinski definition) is 2. The van der Waals surface area contributed by atoms with Crippen LogP contribution in [0.25, 0.3) is 0 Å². The van der Waals surface area contributed by atoms with E-state index in [9.17, 15) is 0 Å². The van der Waals surface area contributed by atoms with E-state index in [-0.39, 0.29) is 5.54 Å². The molecular formula is C12H23N3. The number of nitrogens with zero attached hydrogens (tertiary/aromatic N) is 1. The fourth-order valence-corrected chi connectivity index (χ4v) is 4.10. The number of aliphatic imine (C=N–C) groups is 1. The lowest BCUT2D eigenvalue weighted by molar-refractivity contribution is 0.0469. The fourth-order valence-electron chi connectivity index (χ4n) is 4.10. The predicted molar refractivity (Wildman–Crippen MR) is 63.8 cm³/mol. The van der Waals surface area contributed by atoms with Gasteiger partial charge in [0.05, 0.1) is 12.1 Å². The van der Waals surface area contributed by atoms with Crippen molar-refractivity contribution in [3.05, 3.63) is 0 Å². The van der Waals surface area contributed by atoms with Crippen molar-refractivity contribution in [1.82, 2.24) is 5.32 Å². The Morgan fingerprint density at radius 3 is 2.00 bits per heavy atom. The molecule has 0 atom stereocenters. The van der Waals surface area contributed by atoms with Gasteiger partial charge in [0, 0.05) is 0 Å². The average molecular weight is 209 g/mol. The zero-order chi connectivity index (χ0) is 11.3. The van der Waals surface area contributed by atoms with Crippen molar-refractivity contribution in [2.45, 2.75) is 52.5 Å². The SMILES string of the molecule is CC1(C)CC(C)(C)CC2(CN=C(N)N2)C1. The maximum absolute atomic E-state index is 5.76. The molecule has 0 aromatic rings. The van der Waals surface area contributed by atoms with Crippen LogP contribution in [0, 0.1) is 10.8 Å². The van der Waals surface area contributed by atoms with Gasteiger partial charge in [-0.1, -0.05) is 27.7 Å². The highest BCUT2D eigenvalue weighted by molar-refractivity contribution is 5.80. The summed E-state index contributed by atoms with van der Waals surface area (Å²) >= 11 is 0. The van der Waals surface area contributed by atoms with Gasteiger partial charge in [0.15, 0.2) is 5.96 Å². The third kappa shape index (κ3) is 2.11. The van der Waals surface area contributed by atoms with E-state index in [1.165, 1.54) is 19.3 Å². The molecule has 0 saturated heterocycles. The average Bonchev–Trinajstić information content (AvgIpc) is 2.23. The molecule has 1 fully saturated rings. The zero-order valence-electron chi connectivity index (χ0n) is 10.4. The molecule has 2 rings (SSSR count). The van der Waals surface area contributed by atoms with Gasteiger partial charge in [-0.05, 0) is 30.1 Å². The van der Waals surface area contributed by atoms with Crippen LogP contribution in [0.4, 0.5) is 0 Å². The van der Waals surface area contributed by atoms with E-state index in [0.29, 0.717) is 16.8 Å². The van der Waals surface area contributed by atoms with Crippen molar-refractivity contribution in [3.63, 3.8) is 0 Å². The highest BCUT2D eigenvalue weighted by atomic mass is 15.2. The molecule has 1 heterocycles. The van der Waals surface area contributed by atoms with E-state index < -0.39 is 0 Å². The van der Waals surface area contributed by atoms with Crippen molar-refractivity contribution in [2.75, 3.05) is 6.54 Å². The van der Waals surface area contributed by atoms with Crippen molar-refractivity contribution in [2.24, 2.45) is 21.6 Å². The molecule has 1 spiro atoms. The van der Waals surface area contributed by atoms with Gasteiger partial charge in [-0.25, -0.2) is 0 Å². The van der Waals surface area contributed by atoms with Crippen LogP contribution in [0.5, 0.6) is 0 Å². The Labute approximate surface area is 92.5 Å². The van der Waals surface area contributed by atoms with Gasteiger partial charge in [-0.15, -0.1) is 0 Å². The second-order valence-electron chi connectivity index (χ2n) is 6.97. The number of nitrogens with one attached hydrogen (secondary N) is 1. The molecule has 0 amide bonds. The van der Waals surface area contributed by atoms with Crippen molar-refractivity contribution in [1.29, 1.82) is 0 Å². The van der Waals surface area contributed by atoms with Gasteiger partial charge in [0.25, 0.3) is 0 Å². The first-order valence-corrected chi connectivity index (χ1v) is 5.80. The van der Waals surface area contributed by atoms with Crippen LogP contribution in [0.2, 0.25) is 0 Å². The lowest BCUT2D eigenvalue weighted by Gasteiger charge is -2.50. The monoisotopic (exact) mass is 209 g/mol. The van der Waals surface area contributed by atoms with E-state index in [1.54, 1.807) is 0 Å². The van der Waals surface area contributed by atoms with Crippen molar-refractivity contribution >= 4 is 5.96 Å². The third-order valence-electron chi connectivity index (χ3n) is 3.54. The molecule has 15 heavy (non-hydrogen) atoms. The molecule has 3 heteroatoms. The molecule has 1 aliphatic carbocycles. The lowest BCUT2D eigenvalue weighted by atomic mass is 9.58. The van der Waals surface area contributed by atoms with Gasteiger partial charge < -0.3 is 11.1 Å². The number of nitrogens with two attached hydrogens (primary N) is 1. The minimum absolute atomic E-state index is 0.134. The summed E-state index contributed by atoms with van der Waals surface area (Å²) in [7, 11) is 0. The molecule has 3 nitrogen and oxygen atoms in total. The fraction of sp³-hybridized carbons (Fsp3) is 0.917. The van der Waals surface area contributed by atoms with Gasteiger partial charge >= 0.3 is 0 Å². The van der Waals surface area contributed by atoms with E-state index in [4.69, 9.17) is 5.73 Å². The van der Waals surface area contributed by atoms with Gasteiger partial charge in [-0.2, -0.15) is 0 Å². The number of rotatable bonds is 0. The number of hydrogen-bond acceptors (Lipinski definition) is 3. The first kappa shape index (κ1) is 10.8. The predicted octanol–water partition coefficient (Wildman–Crippen LogP) is 1.88. The Balaban J connectivity index is 2.21. The topological polar surface area (TPSA) is 50.4 Å². The third-order valence-corrected chi connectivity index (χ3v) is 3.54. The summed E-state index contributed by atoms with van der Waals surface area (Å²) in [4.78, 5) is 4.33. The largest absolute Gasteiger partial charge is 0.370 e. The summed E-state index contributed by atoms with van der Waals surface area (Å²) in [5.74, 6) is 0.628. The van der Waals surface area contributed by atoms with Crippen molar-refractivity contribution < 1.29 is 0 Å². The molecule has 2 aliphatic rings. The van der Waals surface area contributed by atoms with E-state index in [2.05, 4.69) is 38.0 Å². The van der Waals surface area contributed by atoms with E-state index in [0.717, 1.165) is 6.54 Å². The molecule has 86 valence electrons. The minimum Gasteiger partial charge on any atom is -0.370 e. The Morgan fingerprint density at radius 2 is 1.60 bits per heavy atom. The van der Waals surface area contributed by atoms with Crippen LogP contribution in [-0.4, -0.2) is 18.0 Å². The lowest BCUT2D eigenvalue weighted by Crippen LogP contribution is -2.56. The Bertz CT molecular complexity index is 286. The second kappa shape index (κ2) is 2.89. The molecular weight excluding hydrogens is 186 g/mol.